The van der Waals surface area contributed by atoms with E-state index in [-0.39, 0.29) is 0 Å². The summed E-state index contributed by atoms with van der Waals surface area (Å²) < 4.78 is 0. The number of hydrogen-bond donors (Lipinski definition) is 1. The van der Waals surface area contributed by atoms with E-state index in [1.54, 1.807) is 0 Å². The Kier molecular flexibility index (Phi) is 4.04. The Balaban J connectivity index is 1.72. The van der Waals surface area contributed by atoms with Gasteiger partial charge in [0, 0.05) is 6.54 Å². The van der Waals surface area contributed by atoms with E-state index in [2.05, 4.69) is 24.1 Å². The predicted octanol–water partition coefficient (Wildman–Crippen LogP) is 1.96. The second-order valence-corrected chi connectivity index (χ2v) is 5.55. The van der Waals surface area contributed by atoms with E-state index in [1.807, 2.05) is 0 Å². The van der Waals surface area contributed by atoms with E-state index in [0.29, 0.717) is 0 Å². The van der Waals surface area contributed by atoms with Gasteiger partial charge < -0.3 is 10.2 Å². The molecule has 2 nitrogen and oxygen atoms in total. The summed E-state index contributed by atoms with van der Waals surface area (Å²) in [7, 11) is 0. The molecule has 0 spiro atoms. The van der Waals surface area contributed by atoms with Crippen LogP contribution < -0.4 is 5.32 Å². The normalized spacial score (nSPS) is 34.8. The second-order valence-electron chi connectivity index (χ2n) is 5.55. The van der Waals surface area contributed by atoms with Crippen LogP contribution in [0.3, 0.4) is 0 Å². The van der Waals surface area contributed by atoms with Gasteiger partial charge in [-0.25, -0.2) is 0 Å². The third kappa shape index (κ3) is 2.94. The number of rotatable bonds is 3. The lowest BCUT2D eigenvalue weighted by Gasteiger charge is -2.33. The standard InChI is InChI=1S/C13H26N2/c1-3-12-4-6-15(7-5-12)10-13-9-14-8-11(13)2/h11-14H,3-10H2,1-2H3/t11-,13+/m1/s1. The van der Waals surface area contributed by atoms with Crippen molar-refractivity contribution in [2.24, 2.45) is 17.8 Å². The van der Waals surface area contributed by atoms with Crippen LogP contribution in [0.15, 0.2) is 0 Å². The second kappa shape index (κ2) is 5.31. The fourth-order valence-electron chi connectivity index (χ4n) is 3.02. The van der Waals surface area contributed by atoms with Crippen molar-refractivity contribution >= 4 is 0 Å². The highest BCUT2D eigenvalue weighted by Gasteiger charge is 2.26. The number of nitrogens with one attached hydrogen (secondary N) is 1. The first-order valence-corrected chi connectivity index (χ1v) is 6.72. The fourth-order valence-corrected chi connectivity index (χ4v) is 3.02. The zero-order valence-corrected chi connectivity index (χ0v) is 10.3. The lowest BCUT2D eigenvalue weighted by Crippen LogP contribution is -2.38. The largest absolute Gasteiger partial charge is 0.316 e. The first-order chi connectivity index (χ1) is 7.29. The Morgan fingerprint density at radius 3 is 2.47 bits per heavy atom. The van der Waals surface area contributed by atoms with Crippen molar-refractivity contribution in [2.45, 2.75) is 33.1 Å². The molecule has 0 aromatic heterocycles. The molecule has 1 N–H and O–H groups in total. The Morgan fingerprint density at radius 2 is 1.93 bits per heavy atom. The predicted molar refractivity (Wildman–Crippen MR) is 65.0 cm³/mol. The van der Waals surface area contributed by atoms with Crippen LogP contribution in [0.25, 0.3) is 0 Å². The minimum Gasteiger partial charge on any atom is -0.316 e. The molecule has 2 heteroatoms. The zero-order valence-electron chi connectivity index (χ0n) is 10.3. The van der Waals surface area contributed by atoms with Crippen LogP contribution in [0.4, 0.5) is 0 Å². The molecule has 0 unspecified atom stereocenters. The summed E-state index contributed by atoms with van der Waals surface area (Å²) in [6, 6.07) is 0. The van der Waals surface area contributed by atoms with Gasteiger partial charge in [0.15, 0.2) is 0 Å². The van der Waals surface area contributed by atoms with Crippen molar-refractivity contribution in [2.75, 3.05) is 32.7 Å². The van der Waals surface area contributed by atoms with Crippen LogP contribution in [0, 0.1) is 17.8 Å². The molecule has 0 bridgehead atoms. The van der Waals surface area contributed by atoms with E-state index >= 15 is 0 Å². The Morgan fingerprint density at radius 1 is 1.20 bits per heavy atom. The summed E-state index contributed by atoms with van der Waals surface area (Å²) >= 11 is 0. The molecule has 88 valence electrons. The molecule has 0 amide bonds. The maximum absolute atomic E-state index is 3.50. The number of nitrogens with zero attached hydrogens (tertiary/aromatic N) is 1. The van der Waals surface area contributed by atoms with Crippen LogP contribution in [-0.2, 0) is 0 Å². The summed E-state index contributed by atoms with van der Waals surface area (Å²) in [5.41, 5.74) is 0. The molecule has 0 saturated carbocycles. The summed E-state index contributed by atoms with van der Waals surface area (Å²) in [6.07, 6.45) is 4.26. The van der Waals surface area contributed by atoms with Gasteiger partial charge >= 0.3 is 0 Å². The Labute approximate surface area is 94.4 Å². The number of likely N-dealkylation sites (tertiary alicyclic amines) is 1. The highest BCUT2D eigenvalue weighted by atomic mass is 15.1. The third-order valence-electron chi connectivity index (χ3n) is 4.45. The van der Waals surface area contributed by atoms with Crippen LogP contribution in [-0.4, -0.2) is 37.6 Å². The molecule has 2 saturated heterocycles. The van der Waals surface area contributed by atoms with Crippen LogP contribution in [0.5, 0.6) is 0 Å². The van der Waals surface area contributed by atoms with E-state index in [1.165, 1.54) is 52.0 Å². The summed E-state index contributed by atoms with van der Waals surface area (Å²) in [5, 5.41) is 3.50. The average Bonchev–Trinajstić information content (AvgIpc) is 2.66. The van der Waals surface area contributed by atoms with Gasteiger partial charge in [-0.2, -0.15) is 0 Å². The Bertz CT molecular complexity index is 185. The van der Waals surface area contributed by atoms with Crippen molar-refractivity contribution in [1.29, 1.82) is 0 Å². The smallest absolute Gasteiger partial charge is 0.00248 e. The quantitative estimate of drug-likeness (QED) is 0.766. The van der Waals surface area contributed by atoms with Gasteiger partial charge in [0.2, 0.25) is 0 Å². The van der Waals surface area contributed by atoms with Crippen molar-refractivity contribution in [3.8, 4) is 0 Å². The summed E-state index contributed by atoms with van der Waals surface area (Å²) in [4.78, 5) is 2.69. The SMILES string of the molecule is CCC1CCN(C[C@@H]2CNC[C@H]2C)CC1. The van der Waals surface area contributed by atoms with Gasteiger partial charge in [0.1, 0.15) is 0 Å². The molecule has 2 rings (SSSR count). The van der Waals surface area contributed by atoms with Crippen molar-refractivity contribution in [3.63, 3.8) is 0 Å². The van der Waals surface area contributed by atoms with Crippen LogP contribution in [0.1, 0.15) is 33.1 Å². The molecule has 15 heavy (non-hydrogen) atoms. The maximum Gasteiger partial charge on any atom is 0.00248 e. The number of piperidine rings is 1. The molecule has 2 heterocycles. The van der Waals surface area contributed by atoms with E-state index in [4.69, 9.17) is 0 Å². The average molecular weight is 210 g/mol. The summed E-state index contributed by atoms with van der Waals surface area (Å²) in [6.45, 7) is 11.2. The van der Waals surface area contributed by atoms with E-state index in [9.17, 15) is 0 Å². The van der Waals surface area contributed by atoms with Crippen molar-refractivity contribution in [1.82, 2.24) is 10.2 Å². The molecular formula is C13H26N2. The maximum atomic E-state index is 3.50. The first kappa shape index (κ1) is 11.4. The van der Waals surface area contributed by atoms with Crippen LogP contribution >= 0.6 is 0 Å². The van der Waals surface area contributed by atoms with Gasteiger partial charge in [-0.3, -0.25) is 0 Å². The minimum absolute atomic E-state index is 0.883. The molecule has 2 aliphatic heterocycles. The molecule has 0 aliphatic carbocycles. The molecule has 2 fully saturated rings. The monoisotopic (exact) mass is 210 g/mol. The lowest BCUT2D eigenvalue weighted by molar-refractivity contribution is 0.152. The highest BCUT2D eigenvalue weighted by molar-refractivity contribution is 4.82. The Hall–Kier alpha value is -0.0800. The van der Waals surface area contributed by atoms with Gasteiger partial charge in [0.25, 0.3) is 0 Å². The highest BCUT2D eigenvalue weighted by Crippen LogP contribution is 2.23. The van der Waals surface area contributed by atoms with E-state index < -0.39 is 0 Å². The molecule has 2 atom stereocenters. The molecule has 0 radical (unpaired) electrons. The topological polar surface area (TPSA) is 15.3 Å². The van der Waals surface area contributed by atoms with E-state index in [0.717, 1.165) is 17.8 Å². The zero-order chi connectivity index (χ0) is 10.7. The summed E-state index contributed by atoms with van der Waals surface area (Å²) in [5.74, 6) is 2.80. The molecule has 0 aromatic carbocycles. The molecule has 0 aromatic rings. The van der Waals surface area contributed by atoms with Crippen molar-refractivity contribution in [3.05, 3.63) is 0 Å². The van der Waals surface area contributed by atoms with Gasteiger partial charge in [0.05, 0.1) is 0 Å². The van der Waals surface area contributed by atoms with Gasteiger partial charge in [-0.05, 0) is 56.8 Å². The molecular weight excluding hydrogens is 184 g/mol. The van der Waals surface area contributed by atoms with Crippen LogP contribution in [0.2, 0.25) is 0 Å². The minimum atomic E-state index is 0.883. The van der Waals surface area contributed by atoms with Gasteiger partial charge in [-0.15, -0.1) is 0 Å². The van der Waals surface area contributed by atoms with Gasteiger partial charge in [-0.1, -0.05) is 20.3 Å². The lowest BCUT2D eigenvalue weighted by atomic mass is 9.92. The third-order valence-corrected chi connectivity index (χ3v) is 4.45. The first-order valence-electron chi connectivity index (χ1n) is 6.72. The van der Waals surface area contributed by atoms with Crippen molar-refractivity contribution < 1.29 is 0 Å². The fraction of sp³-hybridized carbons (Fsp3) is 1.00. The molecule has 2 aliphatic rings. The number of hydrogen-bond acceptors (Lipinski definition) is 2.